The summed E-state index contributed by atoms with van der Waals surface area (Å²) in [5.74, 6) is 0.377. The van der Waals surface area contributed by atoms with Crippen LogP contribution < -0.4 is 16.6 Å². The lowest BCUT2D eigenvalue weighted by Crippen LogP contribution is -2.38. The lowest BCUT2D eigenvalue weighted by molar-refractivity contribution is -0.385. The first kappa shape index (κ1) is 22.0. The van der Waals surface area contributed by atoms with Gasteiger partial charge in [-0.15, -0.1) is 0 Å². The van der Waals surface area contributed by atoms with E-state index in [9.17, 15) is 29.3 Å². The fourth-order valence-corrected chi connectivity index (χ4v) is 4.45. The van der Waals surface area contributed by atoms with Crippen molar-refractivity contribution in [2.24, 2.45) is 0 Å². The van der Waals surface area contributed by atoms with Crippen LogP contribution in [0, 0.1) is 10.1 Å². The number of fused-ring (bicyclic) bond motifs is 1. The number of aromatic nitrogens is 2. The summed E-state index contributed by atoms with van der Waals surface area (Å²) >= 11 is 4.65. The van der Waals surface area contributed by atoms with Crippen LogP contribution in [-0.4, -0.2) is 38.5 Å². The Morgan fingerprint density at radius 1 is 1.33 bits per heavy atom. The van der Waals surface area contributed by atoms with Crippen LogP contribution in [0.3, 0.4) is 0 Å². The molecule has 3 rings (SSSR count). The smallest absolute Gasteiger partial charge is 0.328 e. The molecule has 1 aliphatic heterocycles. The molecule has 0 saturated carbocycles. The van der Waals surface area contributed by atoms with Gasteiger partial charge in [0.25, 0.3) is 11.2 Å². The zero-order chi connectivity index (χ0) is 21.8. The first-order valence-corrected chi connectivity index (χ1v) is 10.9. The largest absolute Gasteiger partial charge is 0.349 e. The summed E-state index contributed by atoms with van der Waals surface area (Å²) in [4.78, 5) is 61.1. The van der Waals surface area contributed by atoms with Crippen molar-refractivity contribution in [3.05, 3.63) is 70.4 Å². The average molecular weight is 497 g/mol. The highest BCUT2D eigenvalue weighted by Gasteiger charge is 2.20. The topological polar surface area (TPSA) is 144 Å². The predicted molar refractivity (Wildman–Crippen MR) is 114 cm³/mol. The fraction of sp³-hybridized carbons (Fsp3) is 0.333. The highest BCUT2D eigenvalue weighted by molar-refractivity contribution is 9.10. The van der Waals surface area contributed by atoms with Crippen LogP contribution in [0.25, 0.3) is 0 Å². The number of rotatable bonds is 7. The second-order valence-corrected chi connectivity index (χ2v) is 8.47. The number of carbonyl (C=O) groups is 2. The summed E-state index contributed by atoms with van der Waals surface area (Å²) in [7, 11) is 0. The van der Waals surface area contributed by atoms with Gasteiger partial charge in [0.1, 0.15) is 0 Å². The van der Waals surface area contributed by atoms with Crippen LogP contribution in [-0.2, 0) is 23.5 Å². The molecule has 30 heavy (non-hydrogen) atoms. The van der Waals surface area contributed by atoms with Gasteiger partial charge >= 0.3 is 5.69 Å². The van der Waals surface area contributed by atoms with Gasteiger partial charge in [0, 0.05) is 41.6 Å². The Kier molecular flexibility index (Phi) is 6.87. The summed E-state index contributed by atoms with van der Waals surface area (Å²) in [5, 5.41) is 13.4. The van der Waals surface area contributed by atoms with Crippen molar-refractivity contribution >= 4 is 45.1 Å². The third-order valence-electron chi connectivity index (χ3n) is 4.62. The van der Waals surface area contributed by atoms with E-state index in [1.807, 2.05) is 0 Å². The quantitative estimate of drug-likeness (QED) is 0.334. The molecule has 10 nitrogen and oxygen atoms in total. The molecule has 1 amide bonds. The number of hydrogen-bond donors (Lipinski definition) is 2. The van der Waals surface area contributed by atoms with Crippen LogP contribution >= 0.6 is 27.7 Å². The number of aromatic amines is 1. The Hall–Kier alpha value is -2.73. The molecule has 2 heterocycles. The Labute approximate surface area is 182 Å². The number of nitrogens with one attached hydrogen (secondary N) is 2. The van der Waals surface area contributed by atoms with Gasteiger partial charge in [-0.2, -0.15) is 11.8 Å². The molecule has 0 bridgehead atoms. The standard InChI is InChI=1S/C18H17BrN4O6S/c19-12-2-1-10(7-14(12)23(28)29)15(24)8-20-16(25)3-5-22-13-4-6-30-9-11(13)17(26)21-18(22)27/h1-2,7H,3-6,8-9H2,(H,20,25)(H,21,26,27). The lowest BCUT2D eigenvalue weighted by Gasteiger charge is -2.19. The summed E-state index contributed by atoms with van der Waals surface area (Å²) in [6.45, 7) is -0.251. The minimum atomic E-state index is -0.611. The third-order valence-corrected chi connectivity index (χ3v) is 6.27. The monoisotopic (exact) mass is 496 g/mol. The number of nitro benzene ring substituents is 1. The zero-order valence-electron chi connectivity index (χ0n) is 15.6. The van der Waals surface area contributed by atoms with Gasteiger partial charge < -0.3 is 5.32 Å². The fourth-order valence-electron chi connectivity index (χ4n) is 3.08. The number of amides is 1. The highest BCUT2D eigenvalue weighted by atomic mass is 79.9. The second kappa shape index (κ2) is 9.39. The number of nitrogens with zero attached hydrogens (tertiary/aromatic N) is 2. The van der Waals surface area contributed by atoms with E-state index >= 15 is 0 Å². The van der Waals surface area contributed by atoms with Gasteiger partial charge in [0.2, 0.25) is 5.91 Å². The molecule has 1 aromatic heterocycles. The van der Waals surface area contributed by atoms with Gasteiger partial charge in [-0.1, -0.05) is 0 Å². The third kappa shape index (κ3) is 4.87. The molecule has 0 atom stereocenters. The Bertz CT molecular complexity index is 1140. The predicted octanol–water partition coefficient (Wildman–Crippen LogP) is 1.39. The molecule has 0 aliphatic carbocycles. The minimum Gasteiger partial charge on any atom is -0.349 e. The number of nitro groups is 1. The molecule has 0 spiro atoms. The van der Waals surface area contributed by atoms with E-state index in [2.05, 4.69) is 26.2 Å². The maximum absolute atomic E-state index is 12.2. The van der Waals surface area contributed by atoms with Gasteiger partial charge in [0.05, 0.1) is 15.9 Å². The van der Waals surface area contributed by atoms with E-state index in [0.717, 1.165) is 11.8 Å². The zero-order valence-corrected chi connectivity index (χ0v) is 18.0. The van der Waals surface area contributed by atoms with Crippen molar-refractivity contribution in [3.63, 3.8) is 0 Å². The van der Waals surface area contributed by atoms with Crippen molar-refractivity contribution < 1.29 is 14.5 Å². The number of H-pyrrole nitrogens is 1. The van der Waals surface area contributed by atoms with Crippen molar-refractivity contribution in [3.8, 4) is 0 Å². The van der Waals surface area contributed by atoms with Gasteiger partial charge in [0.15, 0.2) is 5.78 Å². The number of ketones is 1. The lowest BCUT2D eigenvalue weighted by atomic mass is 10.1. The van der Waals surface area contributed by atoms with Gasteiger partial charge in [-0.05, 0) is 40.2 Å². The van der Waals surface area contributed by atoms with E-state index in [0.29, 0.717) is 23.4 Å². The van der Waals surface area contributed by atoms with E-state index in [1.165, 1.54) is 16.7 Å². The maximum Gasteiger partial charge on any atom is 0.328 e. The molecule has 1 aliphatic rings. The number of hydrogen-bond acceptors (Lipinski definition) is 7. The Morgan fingerprint density at radius 3 is 2.83 bits per heavy atom. The van der Waals surface area contributed by atoms with Gasteiger partial charge in [-0.25, -0.2) is 4.79 Å². The SMILES string of the molecule is O=C(CCn1c2c(c(=O)[nH]c1=O)CSCC2)NCC(=O)c1ccc(Br)c([N+](=O)[O-])c1. The maximum atomic E-state index is 12.2. The molecule has 12 heteroatoms. The van der Waals surface area contributed by atoms with Crippen LogP contribution in [0.4, 0.5) is 5.69 Å². The van der Waals surface area contributed by atoms with E-state index in [-0.39, 0.29) is 35.2 Å². The number of carbonyl (C=O) groups excluding carboxylic acids is 2. The molecular weight excluding hydrogens is 480 g/mol. The molecule has 0 unspecified atom stereocenters. The van der Waals surface area contributed by atoms with Crippen LogP contribution in [0.15, 0.2) is 32.3 Å². The average Bonchev–Trinajstić information content (AvgIpc) is 2.72. The second-order valence-electron chi connectivity index (χ2n) is 6.51. The number of benzene rings is 1. The van der Waals surface area contributed by atoms with Crippen LogP contribution in [0.1, 0.15) is 28.0 Å². The minimum absolute atomic E-state index is 0.0563. The van der Waals surface area contributed by atoms with E-state index < -0.39 is 27.9 Å². The van der Waals surface area contributed by atoms with E-state index in [1.54, 1.807) is 11.8 Å². The van der Waals surface area contributed by atoms with Crippen molar-refractivity contribution in [1.82, 2.24) is 14.9 Å². The van der Waals surface area contributed by atoms with Crippen molar-refractivity contribution in [2.45, 2.75) is 25.1 Å². The highest BCUT2D eigenvalue weighted by Crippen LogP contribution is 2.25. The number of halogens is 1. The summed E-state index contributed by atoms with van der Waals surface area (Å²) in [6.07, 6.45) is 0.515. The summed E-state index contributed by atoms with van der Waals surface area (Å²) in [5.41, 5.74) is 0.113. The van der Waals surface area contributed by atoms with Crippen molar-refractivity contribution in [1.29, 1.82) is 0 Å². The Morgan fingerprint density at radius 2 is 2.10 bits per heavy atom. The molecule has 158 valence electrons. The number of Topliss-reactive ketones (excluding diaryl/α,β-unsaturated/α-hetero) is 1. The molecule has 0 saturated heterocycles. The number of thioether (sulfide) groups is 1. The summed E-state index contributed by atoms with van der Waals surface area (Å²) < 4.78 is 1.65. The summed E-state index contributed by atoms with van der Waals surface area (Å²) in [6, 6.07) is 3.97. The molecule has 0 fully saturated rings. The van der Waals surface area contributed by atoms with Gasteiger partial charge in [-0.3, -0.25) is 34.0 Å². The van der Waals surface area contributed by atoms with Crippen LogP contribution in [0.5, 0.6) is 0 Å². The molecule has 2 N–H and O–H groups in total. The molecule has 2 aromatic rings. The van der Waals surface area contributed by atoms with Crippen LogP contribution in [0.2, 0.25) is 0 Å². The first-order chi connectivity index (χ1) is 14.3. The van der Waals surface area contributed by atoms with Crippen molar-refractivity contribution in [2.75, 3.05) is 12.3 Å². The molecule has 0 radical (unpaired) electrons. The molecule has 1 aromatic carbocycles. The normalized spacial score (nSPS) is 12.8. The molecular formula is C18H17BrN4O6S. The first-order valence-electron chi connectivity index (χ1n) is 8.94. The Balaban J connectivity index is 1.62. The van der Waals surface area contributed by atoms with E-state index in [4.69, 9.17) is 0 Å².